The van der Waals surface area contributed by atoms with Crippen molar-refractivity contribution in [1.29, 1.82) is 0 Å². The highest BCUT2D eigenvalue weighted by Crippen LogP contribution is 2.24. The molecule has 2 aromatic rings. The van der Waals surface area contributed by atoms with E-state index in [0.29, 0.717) is 5.56 Å². The predicted octanol–water partition coefficient (Wildman–Crippen LogP) is 4.06. The molecule has 2 aromatic carbocycles. The van der Waals surface area contributed by atoms with Gasteiger partial charge in [-0.15, -0.1) is 0 Å². The van der Waals surface area contributed by atoms with Gasteiger partial charge in [-0.2, -0.15) is 0 Å². The molecule has 150 valence electrons. The van der Waals surface area contributed by atoms with Crippen molar-refractivity contribution in [3.63, 3.8) is 0 Å². The topological polar surface area (TPSA) is 32.8 Å². The Balaban J connectivity index is 1.54. The van der Waals surface area contributed by atoms with E-state index in [2.05, 4.69) is 36.1 Å². The highest BCUT2D eigenvalue weighted by Gasteiger charge is 2.33. The summed E-state index contributed by atoms with van der Waals surface area (Å²) in [5.74, 6) is -0.158. The van der Waals surface area contributed by atoms with Crippen LogP contribution in [-0.4, -0.2) is 41.5 Å². The van der Waals surface area contributed by atoms with Crippen molar-refractivity contribution < 1.29 is 14.0 Å². The maximum Gasteiger partial charge on any atom is 0.243 e. The van der Waals surface area contributed by atoms with Crippen LogP contribution in [0.1, 0.15) is 31.4 Å². The molecule has 0 N–H and O–H groups in total. The summed E-state index contributed by atoms with van der Waals surface area (Å²) in [6, 6.07) is 17.0. The molecule has 4 nitrogen and oxygen atoms in total. The molecule has 0 spiro atoms. The van der Waals surface area contributed by atoms with Crippen LogP contribution in [-0.2, 0) is 22.7 Å². The molecule has 0 aromatic heterocycles. The number of hydroxylamine groups is 2. The molecule has 1 amide bonds. The molecule has 0 unspecified atom stereocenters. The minimum Gasteiger partial charge on any atom is -0.303 e. The van der Waals surface area contributed by atoms with Gasteiger partial charge in [0.15, 0.2) is 0 Å². The molecule has 0 aliphatic carbocycles. The second-order valence-electron chi connectivity index (χ2n) is 7.58. The molecule has 3 rings (SSSR count). The number of amides is 1. The zero-order valence-corrected chi connectivity index (χ0v) is 16.7. The normalized spacial score (nSPS) is 20.1. The average molecular weight is 384 g/mol. The van der Waals surface area contributed by atoms with Crippen LogP contribution >= 0.6 is 0 Å². The molecule has 2 atom stereocenters. The minimum atomic E-state index is -0.310. The van der Waals surface area contributed by atoms with E-state index in [-0.39, 0.29) is 30.3 Å². The van der Waals surface area contributed by atoms with Crippen LogP contribution in [0.5, 0.6) is 0 Å². The Hall–Kier alpha value is -2.24. The van der Waals surface area contributed by atoms with Crippen LogP contribution in [0.15, 0.2) is 54.6 Å². The molecule has 1 heterocycles. The Morgan fingerprint density at radius 3 is 2.57 bits per heavy atom. The molecule has 0 saturated carbocycles. The molecule has 0 radical (unpaired) electrons. The summed E-state index contributed by atoms with van der Waals surface area (Å²) in [4.78, 5) is 20.4. The van der Waals surface area contributed by atoms with Gasteiger partial charge in [-0.05, 0) is 30.4 Å². The van der Waals surface area contributed by atoms with Gasteiger partial charge in [0.25, 0.3) is 0 Å². The third kappa shape index (κ3) is 5.40. The zero-order valence-electron chi connectivity index (χ0n) is 16.7. The van der Waals surface area contributed by atoms with E-state index in [9.17, 15) is 9.18 Å². The molecule has 5 heteroatoms. The first-order valence-corrected chi connectivity index (χ1v) is 9.97. The quantitative estimate of drug-likeness (QED) is 0.675. The van der Waals surface area contributed by atoms with Crippen molar-refractivity contribution in [2.45, 2.75) is 39.3 Å². The molecule has 1 saturated heterocycles. The van der Waals surface area contributed by atoms with Gasteiger partial charge in [-0.25, -0.2) is 9.45 Å². The minimum absolute atomic E-state index is 0.0113. The first kappa shape index (κ1) is 20.5. The number of hydrogen-bond acceptors (Lipinski definition) is 3. The Morgan fingerprint density at radius 2 is 1.89 bits per heavy atom. The number of carbonyl (C=O) groups is 1. The largest absolute Gasteiger partial charge is 0.303 e. The maximum absolute atomic E-state index is 13.8. The first-order valence-electron chi connectivity index (χ1n) is 9.97. The van der Waals surface area contributed by atoms with E-state index < -0.39 is 0 Å². The van der Waals surface area contributed by atoms with E-state index in [4.69, 9.17) is 4.84 Å². The number of benzene rings is 2. The standard InChI is InChI=1S/C23H29FN2O2/c1-18-16-25(14-12-20-8-4-3-5-9-20)15-13-23(18)26(19(2)27)28-17-21-10-6-7-11-22(21)24/h3-11,18,23H,12-17H2,1-2H3/t18-,23-/m1/s1. The van der Waals surface area contributed by atoms with E-state index in [1.54, 1.807) is 18.2 Å². The number of halogens is 1. The fraction of sp³-hybridized carbons (Fsp3) is 0.435. The van der Waals surface area contributed by atoms with Crippen LogP contribution in [0.3, 0.4) is 0 Å². The molecular formula is C23H29FN2O2. The predicted molar refractivity (Wildman–Crippen MR) is 108 cm³/mol. The molecular weight excluding hydrogens is 355 g/mol. The van der Waals surface area contributed by atoms with Crippen molar-refractivity contribution in [3.8, 4) is 0 Å². The summed E-state index contributed by atoms with van der Waals surface area (Å²) >= 11 is 0. The first-order chi connectivity index (χ1) is 13.5. The number of carbonyl (C=O) groups excluding carboxylic acids is 1. The van der Waals surface area contributed by atoms with Gasteiger partial charge >= 0.3 is 0 Å². The monoisotopic (exact) mass is 384 g/mol. The van der Waals surface area contributed by atoms with Crippen LogP contribution < -0.4 is 0 Å². The molecule has 0 bridgehead atoms. The van der Waals surface area contributed by atoms with Crippen molar-refractivity contribution in [2.24, 2.45) is 5.92 Å². The van der Waals surface area contributed by atoms with Gasteiger partial charge in [0.1, 0.15) is 12.4 Å². The van der Waals surface area contributed by atoms with Crippen LogP contribution in [0, 0.1) is 11.7 Å². The van der Waals surface area contributed by atoms with E-state index >= 15 is 0 Å². The molecule has 1 fully saturated rings. The number of rotatable bonds is 7. The van der Waals surface area contributed by atoms with Gasteiger partial charge in [-0.3, -0.25) is 9.63 Å². The zero-order chi connectivity index (χ0) is 19.9. The third-order valence-electron chi connectivity index (χ3n) is 5.43. The third-order valence-corrected chi connectivity index (χ3v) is 5.43. The van der Waals surface area contributed by atoms with Crippen LogP contribution in [0.4, 0.5) is 4.39 Å². The summed E-state index contributed by atoms with van der Waals surface area (Å²) in [6.07, 6.45) is 1.88. The van der Waals surface area contributed by atoms with E-state index in [1.165, 1.54) is 23.6 Å². The Labute approximate surface area is 166 Å². The maximum atomic E-state index is 13.8. The molecule has 28 heavy (non-hydrogen) atoms. The lowest BCUT2D eigenvalue weighted by Gasteiger charge is -2.41. The van der Waals surface area contributed by atoms with Gasteiger partial charge in [0, 0.05) is 32.1 Å². The number of piperidine rings is 1. The lowest BCUT2D eigenvalue weighted by Crippen LogP contribution is -2.51. The Morgan fingerprint density at radius 1 is 1.18 bits per heavy atom. The summed E-state index contributed by atoms with van der Waals surface area (Å²) < 4.78 is 13.8. The highest BCUT2D eigenvalue weighted by molar-refractivity contribution is 5.72. The number of nitrogens with zero attached hydrogens (tertiary/aromatic N) is 2. The van der Waals surface area contributed by atoms with Gasteiger partial charge in [0.2, 0.25) is 5.91 Å². The van der Waals surface area contributed by atoms with Crippen molar-refractivity contribution in [3.05, 3.63) is 71.5 Å². The van der Waals surface area contributed by atoms with E-state index in [0.717, 1.165) is 32.5 Å². The fourth-order valence-electron chi connectivity index (χ4n) is 3.88. The average Bonchev–Trinajstić information content (AvgIpc) is 2.69. The lowest BCUT2D eigenvalue weighted by molar-refractivity contribution is -0.214. The summed E-state index contributed by atoms with van der Waals surface area (Å²) in [6.45, 7) is 6.58. The second-order valence-corrected chi connectivity index (χ2v) is 7.58. The summed E-state index contributed by atoms with van der Waals surface area (Å²) in [7, 11) is 0. The van der Waals surface area contributed by atoms with Gasteiger partial charge < -0.3 is 4.90 Å². The fourth-order valence-corrected chi connectivity index (χ4v) is 3.88. The van der Waals surface area contributed by atoms with Crippen molar-refractivity contribution in [1.82, 2.24) is 9.96 Å². The molecule has 1 aliphatic heterocycles. The van der Waals surface area contributed by atoms with E-state index in [1.807, 2.05) is 6.07 Å². The number of likely N-dealkylation sites (tertiary alicyclic amines) is 1. The lowest BCUT2D eigenvalue weighted by atomic mass is 9.93. The van der Waals surface area contributed by atoms with Crippen LogP contribution in [0.25, 0.3) is 0 Å². The van der Waals surface area contributed by atoms with Gasteiger partial charge in [0.05, 0.1) is 6.04 Å². The summed E-state index contributed by atoms with van der Waals surface area (Å²) in [5, 5.41) is 1.46. The Kier molecular flexibility index (Phi) is 7.18. The Bertz CT molecular complexity index is 768. The van der Waals surface area contributed by atoms with Crippen molar-refractivity contribution >= 4 is 5.91 Å². The number of hydrogen-bond donors (Lipinski definition) is 0. The van der Waals surface area contributed by atoms with Gasteiger partial charge in [-0.1, -0.05) is 55.5 Å². The van der Waals surface area contributed by atoms with Crippen LogP contribution in [0.2, 0.25) is 0 Å². The SMILES string of the molecule is CC(=O)N(OCc1ccccc1F)[C@@H]1CCN(CCc2ccccc2)C[C@H]1C. The highest BCUT2D eigenvalue weighted by atomic mass is 19.1. The smallest absolute Gasteiger partial charge is 0.243 e. The molecule has 1 aliphatic rings. The summed E-state index contributed by atoms with van der Waals surface area (Å²) in [5.41, 5.74) is 1.80. The van der Waals surface area contributed by atoms with Crippen molar-refractivity contribution in [2.75, 3.05) is 19.6 Å². The second kappa shape index (κ2) is 9.80.